The monoisotopic (exact) mass is 406 g/mol. The van der Waals surface area contributed by atoms with Crippen molar-refractivity contribution < 1.29 is 14.3 Å². The second kappa shape index (κ2) is 6.86. The van der Waals surface area contributed by atoms with Gasteiger partial charge in [0.25, 0.3) is 0 Å². The smallest absolute Gasteiger partial charge is 0.337 e. The number of carbonyl (C=O) groups is 1. The quantitative estimate of drug-likeness (QED) is 0.541. The predicted molar refractivity (Wildman–Crippen MR) is 119 cm³/mol. The van der Waals surface area contributed by atoms with Crippen LogP contribution in [0.3, 0.4) is 0 Å². The first-order valence-electron chi connectivity index (χ1n) is 10.4. The molecule has 0 spiro atoms. The van der Waals surface area contributed by atoms with E-state index in [2.05, 4.69) is 44.4 Å². The molecule has 2 aromatic carbocycles. The van der Waals surface area contributed by atoms with Crippen LogP contribution in [-0.2, 0) is 15.6 Å². The predicted octanol–water partition coefficient (Wildman–Crippen LogP) is 5.48. The van der Waals surface area contributed by atoms with Gasteiger partial charge in [0.2, 0.25) is 0 Å². The summed E-state index contributed by atoms with van der Waals surface area (Å²) in [7, 11) is 3.10. The molecule has 0 radical (unpaired) electrons. The molecule has 1 aromatic heterocycles. The summed E-state index contributed by atoms with van der Waals surface area (Å²) in [5, 5.41) is 0. The topological polar surface area (TPSA) is 53.3 Å². The maximum Gasteiger partial charge on any atom is 0.337 e. The van der Waals surface area contributed by atoms with E-state index in [0.717, 1.165) is 41.1 Å². The van der Waals surface area contributed by atoms with Gasteiger partial charge >= 0.3 is 5.97 Å². The highest BCUT2D eigenvalue weighted by Gasteiger charge is 2.38. The molecule has 0 saturated carbocycles. The summed E-state index contributed by atoms with van der Waals surface area (Å²) < 4.78 is 12.8. The molecule has 0 fully saturated rings. The van der Waals surface area contributed by atoms with Gasteiger partial charge in [-0.25, -0.2) is 9.78 Å². The van der Waals surface area contributed by atoms with Gasteiger partial charge in [0, 0.05) is 0 Å². The number of imidazole rings is 1. The minimum atomic E-state index is -0.362. The van der Waals surface area contributed by atoms with Gasteiger partial charge in [-0.05, 0) is 72.1 Å². The number of aryl methyl sites for hydroxylation is 1. The third-order valence-electron chi connectivity index (χ3n) is 6.64. The Kier molecular flexibility index (Phi) is 4.68. The van der Waals surface area contributed by atoms with Gasteiger partial charge in [-0.1, -0.05) is 27.7 Å². The maximum atomic E-state index is 11.9. The Labute approximate surface area is 178 Å². The molecule has 0 N–H and O–H groups in total. The van der Waals surface area contributed by atoms with Crippen molar-refractivity contribution in [3.63, 3.8) is 0 Å². The number of carbonyl (C=O) groups excluding carboxylic acids is 1. The molecule has 1 aliphatic rings. The van der Waals surface area contributed by atoms with Crippen LogP contribution in [0, 0.1) is 6.92 Å². The first-order chi connectivity index (χ1) is 14.1. The third kappa shape index (κ3) is 3.08. The Bertz CT molecular complexity index is 1150. The van der Waals surface area contributed by atoms with Gasteiger partial charge in [-0.15, -0.1) is 0 Å². The molecule has 0 atom stereocenters. The average molecular weight is 407 g/mol. The van der Waals surface area contributed by atoms with Crippen molar-refractivity contribution in [3.05, 3.63) is 52.8 Å². The Balaban J connectivity index is 1.98. The van der Waals surface area contributed by atoms with Crippen LogP contribution >= 0.6 is 0 Å². The zero-order valence-electron chi connectivity index (χ0n) is 18.9. The maximum absolute atomic E-state index is 11.9. The second-order valence-electron chi connectivity index (χ2n) is 9.53. The number of hydrogen-bond donors (Lipinski definition) is 0. The van der Waals surface area contributed by atoms with Crippen LogP contribution in [0.4, 0.5) is 0 Å². The molecule has 0 aliphatic heterocycles. The van der Waals surface area contributed by atoms with Crippen LogP contribution in [-0.4, -0.2) is 29.7 Å². The largest absolute Gasteiger partial charge is 0.495 e. The Morgan fingerprint density at radius 3 is 2.23 bits per heavy atom. The average Bonchev–Trinajstić information content (AvgIpc) is 3.04. The highest BCUT2D eigenvalue weighted by molar-refractivity contribution is 5.94. The summed E-state index contributed by atoms with van der Waals surface area (Å²) in [5.74, 6) is 1.32. The molecular formula is C25H30N2O3. The first kappa shape index (κ1) is 20.5. The summed E-state index contributed by atoms with van der Waals surface area (Å²) in [6.07, 6.45) is 2.30. The van der Waals surface area contributed by atoms with E-state index in [1.54, 1.807) is 19.2 Å². The zero-order chi connectivity index (χ0) is 21.8. The van der Waals surface area contributed by atoms with Crippen LogP contribution in [0.25, 0.3) is 16.7 Å². The van der Waals surface area contributed by atoms with E-state index in [1.807, 2.05) is 13.0 Å². The number of hydrogen-bond acceptors (Lipinski definition) is 4. The summed E-state index contributed by atoms with van der Waals surface area (Å²) in [5.41, 5.74) is 6.09. The molecule has 0 saturated heterocycles. The summed E-state index contributed by atoms with van der Waals surface area (Å²) in [6.45, 7) is 11.2. The van der Waals surface area contributed by atoms with E-state index in [1.165, 1.54) is 18.2 Å². The summed E-state index contributed by atoms with van der Waals surface area (Å²) >= 11 is 0. The van der Waals surface area contributed by atoms with E-state index in [0.29, 0.717) is 5.56 Å². The third-order valence-corrected chi connectivity index (χ3v) is 6.64. The van der Waals surface area contributed by atoms with Gasteiger partial charge in [0.15, 0.2) is 0 Å². The van der Waals surface area contributed by atoms with Crippen molar-refractivity contribution in [2.24, 2.45) is 0 Å². The van der Waals surface area contributed by atoms with Crippen LogP contribution < -0.4 is 4.74 Å². The molecule has 3 aromatic rings. The lowest BCUT2D eigenvalue weighted by molar-refractivity contribution is 0.0601. The van der Waals surface area contributed by atoms with E-state index in [9.17, 15) is 4.79 Å². The summed E-state index contributed by atoms with van der Waals surface area (Å²) in [4.78, 5) is 16.7. The normalized spacial score (nSPS) is 16.9. The number of aromatic nitrogens is 2. The van der Waals surface area contributed by atoms with Crippen LogP contribution in [0.5, 0.6) is 5.75 Å². The fourth-order valence-electron chi connectivity index (χ4n) is 4.67. The molecule has 0 bridgehead atoms. The molecule has 1 heterocycles. The van der Waals surface area contributed by atoms with Gasteiger partial charge in [-0.2, -0.15) is 0 Å². The molecule has 5 nitrogen and oxygen atoms in total. The lowest BCUT2D eigenvalue weighted by Gasteiger charge is -2.42. The van der Waals surface area contributed by atoms with Gasteiger partial charge in [-0.3, -0.25) is 4.57 Å². The molecule has 4 rings (SSSR count). The van der Waals surface area contributed by atoms with Crippen molar-refractivity contribution in [2.75, 3.05) is 14.2 Å². The van der Waals surface area contributed by atoms with E-state index < -0.39 is 0 Å². The molecule has 0 amide bonds. The number of benzene rings is 2. The Morgan fingerprint density at radius 1 is 1.00 bits per heavy atom. The minimum absolute atomic E-state index is 0.0915. The van der Waals surface area contributed by atoms with Gasteiger partial charge in [0.1, 0.15) is 11.6 Å². The van der Waals surface area contributed by atoms with E-state index in [-0.39, 0.29) is 16.8 Å². The lowest BCUT2D eigenvalue weighted by atomic mass is 9.63. The van der Waals surface area contributed by atoms with Gasteiger partial charge < -0.3 is 9.47 Å². The number of nitrogens with zero attached hydrogens (tertiary/aromatic N) is 2. The SMILES string of the molecule is COC(=O)c1ccc2c(c1)nc(C)n2-c1cc2c(cc1OC)C(C)(C)CCC2(C)C. The Hall–Kier alpha value is -2.82. The van der Waals surface area contributed by atoms with Crippen molar-refractivity contribution >= 4 is 17.0 Å². The molecule has 1 aliphatic carbocycles. The minimum Gasteiger partial charge on any atom is -0.495 e. The number of esters is 1. The van der Waals surface area contributed by atoms with Crippen LogP contribution in [0.1, 0.15) is 67.8 Å². The van der Waals surface area contributed by atoms with Crippen molar-refractivity contribution in [1.82, 2.24) is 9.55 Å². The fraction of sp³-hybridized carbons (Fsp3) is 0.440. The zero-order valence-corrected chi connectivity index (χ0v) is 18.9. The molecule has 0 unspecified atom stereocenters. The standard InChI is InChI=1S/C25H30N2O3/c1-15-26-19-12-16(23(28)30-7)8-9-20(19)27(15)21-13-17-18(14-22(21)29-6)25(4,5)11-10-24(17,2)3/h8-9,12-14H,10-11H2,1-7H3. The number of rotatable bonds is 3. The van der Waals surface area contributed by atoms with Crippen LogP contribution in [0.2, 0.25) is 0 Å². The number of methoxy groups -OCH3 is 2. The highest BCUT2D eigenvalue weighted by atomic mass is 16.5. The van der Waals surface area contributed by atoms with Crippen molar-refractivity contribution in [1.29, 1.82) is 0 Å². The second-order valence-corrected chi connectivity index (χ2v) is 9.53. The summed E-state index contributed by atoms with van der Waals surface area (Å²) in [6, 6.07) is 9.97. The fourth-order valence-corrected chi connectivity index (χ4v) is 4.67. The number of ether oxygens (including phenoxy) is 2. The molecule has 30 heavy (non-hydrogen) atoms. The molecule has 158 valence electrons. The lowest BCUT2D eigenvalue weighted by Crippen LogP contribution is -2.34. The van der Waals surface area contributed by atoms with Gasteiger partial charge in [0.05, 0.1) is 36.5 Å². The van der Waals surface area contributed by atoms with E-state index in [4.69, 9.17) is 14.5 Å². The molecular weight excluding hydrogens is 376 g/mol. The molecule has 5 heteroatoms. The highest BCUT2D eigenvalue weighted by Crippen LogP contribution is 2.48. The first-order valence-corrected chi connectivity index (χ1v) is 10.4. The van der Waals surface area contributed by atoms with Crippen LogP contribution in [0.15, 0.2) is 30.3 Å². The van der Waals surface area contributed by atoms with E-state index >= 15 is 0 Å². The van der Waals surface area contributed by atoms with Crippen molar-refractivity contribution in [3.8, 4) is 11.4 Å². The van der Waals surface area contributed by atoms with Crippen molar-refractivity contribution in [2.45, 2.75) is 58.3 Å². The Morgan fingerprint density at radius 2 is 1.63 bits per heavy atom. The number of fused-ring (bicyclic) bond motifs is 2.